The number of nitrogens with two attached hydrogens (primary N) is 1. The van der Waals surface area contributed by atoms with Gasteiger partial charge in [0.25, 0.3) is 5.91 Å². The van der Waals surface area contributed by atoms with Crippen LogP contribution in [-0.2, 0) is 11.3 Å². The molecule has 0 radical (unpaired) electrons. The number of nitrogens with zero attached hydrogens (tertiary/aromatic N) is 2. The first-order chi connectivity index (χ1) is 9.37. The van der Waals surface area contributed by atoms with Gasteiger partial charge in [-0.2, -0.15) is 0 Å². The molecule has 20 heavy (non-hydrogen) atoms. The molecule has 1 fully saturated rings. The largest absolute Gasteiger partial charge is 0.342 e. The molecule has 5 nitrogen and oxygen atoms in total. The van der Waals surface area contributed by atoms with E-state index in [2.05, 4.69) is 0 Å². The summed E-state index contributed by atoms with van der Waals surface area (Å²) in [6.45, 7) is 5.14. The van der Waals surface area contributed by atoms with Crippen molar-refractivity contribution in [3.63, 3.8) is 0 Å². The third kappa shape index (κ3) is 2.41. The third-order valence-electron chi connectivity index (χ3n) is 3.89. The average molecular weight is 275 g/mol. The van der Waals surface area contributed by atoms with Crippen molar-refractivity contribution in [3.05, 3.63) is 35.4 Å². The van der Waals surface area contributed by atoms with Gasteiger partial charge in [-0.3, -0.25) is 9.59 Å². The summed E-state index contributed by atoms with van der Waals surface area (Å²) in [6.07, 6.45) is 0. The van der Waals surface area contributed by atoms with Crippen LogP contribution >= 0.6 is 0 Å². The van der Waals surface area contributed by atoms with E-state index < -0.39 is 5.54 Å². The molecular formula is C15H21N3O2. The molecule has 0 aliphatic carbocycles. The van der Waals surface area contributed by atoms with E-state index in [1.807, 2.05) is 12.1 Å². The van der Waals surface area contributed by atoms with Gasteiger partial charge in [0.05, 0.1) is 0 Å². The smallest absolute Gasteiger partial charge is 0.254 e. The van der Waals surface area contributed by atoms with Gasteiger partial charge in [0.15, 0.2) is 0 Å². The molecule has 1 aliphatic heterocycles. The lowest BCUT2D eigenvalue weighted by Crippen LogP contribution is -2.63. The normalized spacial score (nSPS) is 18.3. The van der Waals surface area contributed by atoms with Gasteiger partial charge in [0.2, 0.25) is 5.91 Å². The Kier molecular flexibility index (Phi) is 3.81. The lowest BCUT2D eigenvalue weighted by molar-refractivity contribution is -0.144. The topological polar surface area (TPSA) is 66.6 Å². The fourth-order valence-corrected chi connectivity index (χ4v) is 2.51. The van der Waals surface area contributed by atoms with Crippen LogP contribution in [-0.4, -0.2) is 47.3 Å². The Morgan fingerprint density at radius 2 is 1.85 bits per heavy atom. The summed E-state index contributed by atoms with van der Waals surface area (Å²) < 4.78 is 0. The molecule has 1 saturated heterocycles. The van der Waals surface area contributed by atoms with Crippen LogP contribution < -0.4 is 5.73 Å². The molecule has 0 atom stereocenters. The van der Waals surface area contributed by atoms with E-state index >= 15 is 0 Å². The lowest BCUT2D eigenvalue weighted by Gasteiger charge is -2.44. The minimum atomic E-state index is -0.809. The van der Waals surface area contributed by atoms with E-state index in [0.717, 1.165) is 5.56 Å². The molecule has 1 heterocycles. The van der Waals surface area contributed by atoms with Crippen LogP contribution in [0.15, 0.2) is 24.3 Å². The molecule has 0 aromatic heterocycles. The van der Waals surface area contributed by atoms with Gasteiger partial charge in [-0.25, -0.2) is 0 Å². The van der Waals surface area contributed by atoms with Crippen molar-refractivity contribution >= 4 is 11.8 Å². The maximum atomic E-state index is 12.6. The van der Waals surface area contributed by atoms with Crippen LogP contribution in [0.4, 0.5) is 0 Å². The fraction of sp³-hybridized carbons (Fsp3) is 0.467. The van der Waals surface area contributed by atoms with Crippen molar-refractivity contribution in [3.8, 4) is 0 Å². The van der Waals surface area contributed by atoms with Crippen LogP contribution in [0.3, 0.4) is 0 Å². The number of piperazine rings is 1. The molecule has 108 valence electrons. The van der Waals surface area contributed by atoms with Gasteiger partial charge in [-0.15, -0.1) is 0 Å². The molecule has 0 spiro atoms. The third-order valence-corrected chi connectivity index (χ3v) is 3.89. The van der Waals surface area contributed by atoms with Gasteiger partial charge in [0, 0.05) is 32.2 Å². The highest BCUT2D eigenvalue weighted by Gasteiger charge is 2.43. The molecule has 2 amide bonds. The molecular weight excluding hydrogens is 254 g/mol. The second-order valence-electron chi connectivity index (χ2n) is 5.64. The fourth-order valence-electron chi connectivity index (χ4n) is 2.51. The maximum Gasteiger partial charge on any atom is 0.254 e. The van der Waals surface area contributed by atoms with Crippen LogP contribution in [0, 0.1) is 0 Å². The van der Waals surface area contributed by atoms with E-state index in [1.165, 1.54) is 0 Å². The highest BCUT2D eigenvalue weighted by molar-refractivity contribution is 5.99. The van der Waals surface area contributed by atoms with Gasteiger partial charge >= 0.3 is 0 Å². The summed E-state index contributed by atoms with van der Waals surface area (Å²) in [5.41, 5.74) is 6.31. The van der Waals surface area contributed by atoms with Crippen molar-refractivity contribution in [1.29, 1.82) is 0 Å². The molecule has 1 aliphatic rings. The van der Waals surface area contributed by atoms with Crippen molar-refractivity contribution in [1.82, 2.24) is 9.80 Å². The first-order valence-electron chi connectivity index (χ1n) is 6.74. The van der Waals surface area contributed by atoms with Gasteiger partial charge < -0.3 is 15.5 Å². The molecule has 2 rings (SSSR count). The number of likely N-dealkylation sites (N-methyl/N-ethyl adjacent to an activating group) is 1. The number of carbonyl (C=O) groups is 2. The van der Waals surface area contributed by atoms with E-state index in [1.54, 1.807) is 42.8 Å². The van der Waals surface area contributed by atoms with E-state index in [-0.39, 0.29) is 11.8 Å². The van der Waals surface area contributed by atoms with Crippen LogP contribution in [0.5, 0.6) is 0 Å². The van der Waals surface area contributed by atoms with Crippen LogP contribution in [0.1, 0.15) is 29.8 Å². The number of rotatable bonds is 2. The summed E-state index contributed by atoms with van der Waals surface area (Å²) in [7, 11) is 1.77. The van der Waals surface area contributed by atoms with Crippen LogP contribution in [0.25, 0.3) is 0 Å². The Bertz CT molecular complexity index is 522. The summed E-state index contributed by atoms with van der Waals surface area (Å²) in [4.78, 5) is 28.1. The molecule has 0 saturated carbocycles. The van der Waals surface area contributed by atoms with Gasteiger partial charge in [-0.1, -0.05) is 12.1 Å². The summed E-state index contributed by atoms with van der Waals surface area (Å²) in [5, 5.41) is 0. The summed E-state index contributed by atoms with van der Waals surface area (Å²) in [6, 6.07) is 7.23. The number of carbonyl (C=O) groups excluding carboxylic acids is 2. The van der Waals surface area contributed by atoms with Gasteiger partial charge in [0.1, 0.15) is 5.54 Å². The molecule has 0 bridgehead atoms. The van der Waals surface area contributed by atoms with Crippen molar-refractivity contribution in [2.75, 3.05) is 20.1 Å². The molecule has 5 heteroatoms. The minimum Gasteiger partial charge on any atom is -0.342 e. The molecule has 0 unspecified atom stereocenters. The average Bonchev–Trinajstić information content (AvgIpc) is 2.44. The SMILES string of the molecule is CN1CCN(C(=O)c2ccc(CN)cc2)C(C)(C)C1=O. The maximum absolute atomic E-state index is 12.6. The molecule has 1 aromatic rings. The zero-order chi connectivity index (χ0) is 14.9. The minimum absolute atomic E-state index is 0.0318. The lowest BCUT2D eigenvalue weighted by atomic mass is 9.96. The Morgan fingerprint density at radius 3 is 2.40 bits per heavy atom. The summed E-state index contributed by atoms with van der Waals surface area (Å²) in [5.74, 6) is -0.143. The Balaban J connectivity index is 2.25. The quantitative estimate of drug-likeness (QED) is 0.869. The Morgan fingerprint density at radius 1 is 1.25 bits per heavy atom. The predicted octanol–water partition coefficient (Wildman–Crippen LogP) is 0.838. The zero-order valence-electron chi connectivity index (χ0n) is 12.2. The monoisotopic (exact) mass is 275 g/mol. The number of benzene rings is 1. The highest BCUT2D eigenvalue weighted by Crippen LogP contribution is 2.24. The van der Waals surface area contributed by atoms with E-state index in [9.17, 15) is 9.59 Å². The number of hydrogen-bond acceptors (Lipinski definition) is 3. The first kappa shape index (κ1) is 14.5. The predicted molar refractivity (Wildman–Crippen MR) is 77.1 cm³/mol. The van der Waals surface area contributed by atoms with Crippen molar-refractivity contribution < 1.29 is 9.59 Å². The van der Waals surface area contributed by atoms with Crippen molar-refractivity contribution in [2.45, 2.75) is 25.9 Å². The van der Waals surface area contributed by atoms with Crippen LogP contribution in [0.2, 0.25) is 0 Å². The van der Waals surface area contributed by atoms with E-state index in [0.29, 0.717) is 25.2 Å². The second-order valence-corrected chi connectivity index (χ2v) is 5.64. The van der Waals surface area contributed by atoms with Crippen molar-refractivity contribution in [2.24, 2.45) is 5.73 Å². The van der Waals surface area contributed by atoms with E-state index in [4.69, 9.17) is 5.73 Å². The molecule has 2 N–H and O–H groups in total. The number of hydrogen-bond donors (Lipinski definition) is 1. The highest BCUT2D eigenvalue weighted by atomic mass is 16.2. The summed E-state index contributed by atoms with van der Waals surface area (Å²) >= 11 is 0. The molecule has 1 aromatic carbocycles. The second kappa shape index (κ2) is 5.25. The van der Waals surface area contributed by atoms with Gasteiger partial charge in [-0.05, 0) is 31.5 Å². The zero-order valence-corrected chi connectivity index (χ0v) is 12.2. The Hall–Kier alpha value is -1.88. The Labute approximate surface area is 119 Å². The standard InChI is InChI=1S/C15H21N3O2/c1-15(2)14(20)17(3)8-9-18(15)13(19)12-6-4-11(10-16)5-7-12/h4-7H,8-10,16H2,1-3H3. The number of amides is 2. The first-order valence-corrected chi connectivity index (χ1v) is 6.74.